The van der Waals surface area contributed by atoms with Crippen molar-refractivity contribution in [3.05, 3.63) is 28.9 Å². The molecular formula is C13H16ClN3. The van der Waals surface area contributed by atoms with E-state index in [4.69, 9.17) is 11.6 Å². The fraction of sp³-hybridized carbons (Fsp3) is 0.462. The molecule has 1 atom stereocenters. The topological polar surface area (TPSA) is 29.9 Å². The molecule has 0 amide bonds. The molecular weight excluding hydrogens is 234 g/mol. The maximum atomic E-state index is 6.12. The molecule has 1 saturated heterocycles. The van der Waals surface area contributed by atoms with E-state index in [1.807, 2.05) is 11.7 Å². The summed E-state index contributed by atoms with van der Waals surface area (Å²) in [6, 6.07) is 7.09. The van der Waals surface area contributed by atoms with Crippen molar-refractivity contribution < 1.29 is 0 Å². The van der Waals surface area contributed by atoms with Crippen LogP contribution in [0.1, 0.15) is 18.4 Å². The monoisotopic (exact) mass is 249 g/mol. The third-order valence-electron chi connectivity index (χ3n) is 3.51. The van der Waals surface area contributed by atoms with Crippen molar-refractivity contribution in [2.24, 2.45) is 7.05 Å². The molecule has 2 heterocycles. The van der Waals surface area contributed by atoms with Gasteiger partial charge in [0, 0.05) is 18.5 Å². The largest absolute Gasteiger partial charge is 0.314 e. The van der Waals surface area contributed by atoms with E-state index in [1.165, 1.54) is 18.4 Å². The molecule has 3 nitrogen and oxygen atoms in total. The van der Waals surface area contributed by atoms with Gasteiger partial charge in [-0.15, -0.1) is 0 Å². The van der Waals surface area contributed by atoms with Crippen LogP contribution in [0.25, 0.3) is 10.9 Å². The number of hydrogen-bond donors (Lipinski definition) is 1. The Kier molecular flexibility index (Phi) is 2.81. The number of halogens is 1. The molecule has 1 aromatic carbocycles. The van der Waals surface area contributed by atoms with Gasteiger partial charge in [-0.25, -0.2) is 0 Å². The Balaban J connectivity index is 1.92. The first-order chi connectivity index (χ1) is 8.24. The van der Waals surface area contributed by atoms with E-state index >= 15 is 0 Å². The highest BCUT2D eigenvalue weighted by atomic mass is 35.5. The number of nitrogens with zero attached hydrogens (tertiary/aromatic N) is 2. The van der Waals surface area contributed by atoms with Crippen LogP contribution in [-0.4, -0.2) is 22.4 Å². The zero-order chi connectivity index (χ0) is 11.8. The molecule has 0 aliphatic carbocycles. The molecule has 0 radical (unpaired) electrons. The summed E-state index contributed by atoms with van der Waals surface area (Å²) in [7, 11) is 1.92. The third-order valence-corrected chi connectivity index (χ3v) is 3.79. The summed E-state index contributed by atoms with van der Waals surface area (Å²) < 4.78 is 1.83. The van der Waals surface area contributed by atoms with Gasteiger partial charge < -0.3 is 5.32 Å². The zero-order valence-electron chi connectivity index (χ0n) is 9.91. The molecule has 1 aliphatic heterocycles. The van der Waals surface area contributed by atoms with E-state index < -0.39 is 0 Å². The number of fused-ring (bicyclic) bond motifs is 1. The van der Waals surface area contributed by atoms with Gasteiger partial charge in [0.25, 0.3) is 0 Å². The maximum absolute atomic E-state index is 6.12. The Morgan fingerprint density at radius 3 is 3.18 bits per heavy atom. The summed E-state index contributed by atoms with van der Waals surface area (Å²) >= 11 is 6.12. The van der Waals surface area contributed by atoms with Crippen LogP contribution in [0.4, 0.5) is 0 Å². The van der Waals surface area contributed by atoms with Crippen molar-refractivity contribution in [2.75, 3.05) is 6.54 Å². The van der Waals surface area contributed by atoms with Crippen LogP contribution in [0, 0.1) is 0 Å². The molecule has 3 rings (SSSR count). The predicted octanol–water partition coefficient (Wildman–Crippen LogP) is 2.52. The van der Waals surface area contributed by atoms with Crippen molar-refractivity contribution in [2.45, 2.75) is 25.3 Å². The number of aryl methyl sites for hydroxylation is 1. The van der Waals surface area contributed by atoms with Crippen molar-refractivity contribution in [3.63, 3.8) is 0 Å². The molecule has 1 unspecified atom stereocenters. The van der Waals surface area contributed by atoms with Gasteiger partial charge in [0.05, 0.1) is 5.52 Å². The van der Waals surface area contributed by atoms with Crippen LogP contribution in [-0.2, 0) is 13.5 Å². The number of hydrogen-bond acceptors (Lipinski definition) is 2. The Hall–Kier alpha value is -1.06. The molecule has 1 fully saturated rings. The first kappa shape index (κ1) is 11.1. The second-order valence-electron chi connectivity index (χ2n) is 4.76. The lowest BCUT2D eigenvalue weighted by Gasteiger charge is -2.09. The van der Waals surface area contributed by atoms with Crippen molar-refractivity contribution in [1.29, 1.82) is 0 Å². The average Bonchev–Trinajstić information content (AvgIpc) is 2.89. The van der Waals surface area contributed by atoms with Crippen LogP contribution >= 0.6 is 11.6 Å². The standard InChI is InChI=1S/C13H16ClN3/c1-17-12-5-4-9(7-10-3-2-6-15-10)8-11(12)13(14)16-17/h4-5,8,10,15H,2-3,6-7H2,1H3. The summed E-state index contributed by atoms with van der Waals surface area (Å²) in [6.45, 7) is 1.15. The van der Waals surface area contributed by atoms with Gasteiger partial charge in [0.1, 0.15) is 0 Å². The van der Waals surface area contributed by atoms with Crippen LogP contribution in [0.2, 0.25) is 5.15 Å². The highest BCUT2D eigenvalue weighted by Gasteiger charge is 2.15. The quantitative estimate of drug-likeness (QED) is 0.887. The average molecular weight is 250 g/mol. The summed E-state index contributed by atoms with van der Waals surface area (Å²) in [6.07, 6.45) is 3.65. The molecule has 0 spiro atoms. The second kappa shape index (κ2) is 4.31. The first-order valence-corrected chi connectivity index (χ1v) is 6.46. The Morgan fingerprint density at radius 1 is 1.53 bits per heavy atom. The maximum Gasteiger partial charge on any atom is 0.158 e. The van der Waals surface area contributed by atoms with E-state index in [0.717, 1.165) is 23.9 Å². The summed E-state index contributed by atoms with van der Waals surface area (Å²) in [5, 5.41) is 9.41. The molecule has 1 aliphatic rings. The van der Waals surface area contributed by atoms with E-state index in [1.54, 1.807) is 0 Å². The van der Waals surface area contributed by atoms with Crippen molar-refractivity contribution in [1.82, 2.24) is 15.1 Å². The fourth-order valence-electron chi connectivity index (χ4n) is 2.61. The predicted molar refractivity (Wildman–Crippen MR) is 70.5 cm³/mol. The molecule has 0 bridgehead atoms. The number of rotatable bonds is 2. The smallest absolute Gasteiger partial charge is 0.158 e. The molecule has 0 saturated carbocycles. The lowest BCUT2D eigenvalue weighted by Crippen LogP contribution is -2.23. The SMILES string of the molecule is Cn1nc(Cl)c2cc(CC3CCCN3)ccc21. The normalized spacial score (nSPS) is 20.2. The van der Waals surface area contributed by atoms with Crippen LogP contribution in [0.15, 0.2) is 18.2 Å². The van der Waals surface area contributed by atoms with E-state index in [2.05, 4.69) is 28.6 Å². The van der Waals surface area contributed by atoms with Crippen LogP contribution < -0.4 is 5.32 Å². The van der Waals surface area contributed by atoms with Crippen LogP contribution in [0.5, 0.6) is 0 Å². The van der Waals surface area contributed by atoms with Crippen LogP contribution in [0.3, 0.4) is 0 Å². The number of benzene rings is 1. The minimum absolute atomic E-state index is 0.601. The third kappa shape index (κ3) is 2.05. The molecule has 4 heteroatoms. The summed E-state index contributed by atoms with van der Waals surface area (Å²) in [5.41, 5.74) is 2.44. The Bertz CT molecular complexity index is 541. The fourth-order valence-corrected chi connectivity index (χ4v) is 2.88. The molecule has 2 aromatic rings. The van der Waals surface area contributed by atoms with Crippen molar-refractivity contribution >= 4 is 22.5 Å². The van der Waals surface area contributed by atoms with Gasteiger partial charge in [0.15, 0.2) is 5.15 Å². The Morgan fingerprint density at radius 2 is 2.41 bits per heavy atom. The second-order valence-corrected chi connectivity index (χ2v) is 5.12. The van der Waals surface area contributed by atoms with E-state index in [0.29, 0.717) is 11.2 Å². The molecule has 1 N–H and O–H groups in total. The number of nitrogens with one attached hydrogen (secondary N) is 1. The summed E-state index contributed by atoms with van der Waals surface area (Å²) in [5.74, 6) is 0. The highest BCUT2D eigenvalue weighted by molar-refractivity contribution is 6.34. The van der Waals surface area contributed by atoms with E-state index in [9.17, 15) is 0 Å². The minimum Gasteiger partial charge on any atom is -0.314 e. The lowest BCUT2D eigenvalue weighted by atomic mass is 10.0. The summed E-state index contributed by atoms with van der Waals surface area (Å²) in [4.78, 5) is 0. The highest BCUT2D eigenvalue weighted by Crippen LogP contribution is 2.24. The van der Waals surface area contributed by atoms with Crippen molar-refractivity contribution in [3.8, 4) is 0 Å². The lowest BCUT2D eigenvalue weighted by molar-refractivity contribution is 0.603. The van der Waals surface area contributed by atoms with E-state index in [-0.39, 0.29) is 0 Å². The molecule has 1 aromatic heterocycles. The number of aromatic nitrogens is 2. The molecule has 90 valence electrons. The minimum atomic E-state index is 0.601. The van der Waals surface area contributed by atoms with Gasteiger partial charge in [-0.2, -0.15) is 5.10 Å². The Labute approximate surface area is 106 Å². The van der Waals surface area contributed by atoms with Gasteiger partial charge in [0.2, 0.25) is 0 Å². The van der Waals surface area contributed by atoms with Gasteiger partial charge in [-0.3, -0.25) is 4.68 Å². The van der Waals surface area contributed by atoms with Gasteiger partial charge in [-0.1, -0.05) is 17.7 Å². The zero-order valence-corrected chi connectivity index (χ0v) is 10.7. The van der Waals surface area contributed by atoms with Gasteiger partial charge >= 0.3 is 0 Å². The van der Waals surface area contributed by atoms with Gasteiger partial charge in [-0.05, 0) is 43.5 Å². The first-order valence-electron chi connectivity index (χ1n) is 6.08. The molecule has 17 heavy (non-hydrogen) atoms.